The van der Waals surface area contributed by atoms with Crippen LogP contribution >= 0.6 is 0 Å². The standard InChI is InChI=1S/C15H12FN3O/c1-9-3-2-4-10(7-9)13-14(19-20-15(13)17)11-5-6-18-8-12(11)16/h2-8H,17H2,1H3. The molecule has 0 bridgehead atoms. The number of hydrogen-bond donors (Lipinski definition) is 1. The van der Waals surface area contributed by atoms with Gasteiger partial charge in [-0.15, -0.1) is 0 Å². The number of nitrogens with zero attached hydrogens (tertiary/aromatic N) is 2. The van der Waals surface area contributed by atoms with Crippen molar-refractivity contribution in [3.8, 4) is 22.4 Å². The first kappa shape index (κ1) is 12.3. The van der Waals surface area contributed by atoms with Crippen LogP contribution in [-0.2, 0) is 0 Å². The van der Waals surface area contributed by atoms with Gasteiger partial charge in [0.1, 0.15) is 5.69 Å². The van der Waals surface area contributed by atoms with Gasteiger partial charge in [0.05, 0.1) is 11.8 Å². The Kier molecular flexibility index (Phi) is 2.95. The van der Waals surface area contributed by atoms with Crippen molar-refractivity contribution in [3.63, 3.8) is 0 Å². The summed E-state index contributed by atoms with van der Waals surface area (Å²) >= 11 is 0. The molecule has 0 spiro atoms. The second kappa shape index (κ2) is 4.77. The number of halogens is 1. The second-order valence-electron chi connectivity index (χ2n) is 4.50. The quantitative estimate of drug-likeness (QED) is 0.774. The molecule has 0 saturated heterocycles. The molecule has 0 amide bonds. The first-order chi connectivity index (χ1) is 9.66. The number of aryl methyl sites for hydroxylation is 1. The largest absolute Gasteiger partial charge is 0.367 e. The third-order valence-corrected chi connectivity index (χ3v) is 3.05. The number of anilines is 1. The van der Waals surface area contributed by atoms with Crippen LogP contribution in [-0.4, -0.2) is 10.1 Å². The normalized spacial score (nSPS) is 10.7. The molecule has 2 aromatic heterocycles. The van der Waals surface area contributed by atoms with E-state index in [1.165, 1.54) is 6.20 Å². The molecule has 3 rings (SSSR count). The molecule has 0 fully saturated rings. The van der Waals surface area contributed by atoms with Gasteiger partial charge in [0.2, 0.25) is 5.88 Å². The number of pyridine rings is 1. The average molecular weight is 269 g/mol. The van der Waals surface area contributed by atoms with Crippen LogP contribution < -0.4 is 5.73 Å². The maximum atomic E-state index is 13.9. The van der Waals surface area contributed by atoms with Gasteiger partial charge in [-0.1, -0.05) is 35.0 Å². The van der Waals surface area contributed by atoms with Gasteiger partial charge in [-0.05, 0) is 18.6 Å². The molecule has 0 unspecified atom stereocenters. The zero-order valence-electron chi connectivity index (χ0n) is 10.8. The van der Waals surface area contributed by atoms with Crippen LogP contribution in [0.15, 0.2) is 47.2 Å². The summed E-state index contributed by atoms with van der Waals surface area (Å²) in [7, 11) is 0. The average Bonchev–Trinajstić information content (AvgIpc) is 2.81. The Morgan fingerprint density at radius 2 is 2.10 bits per heavy atom. The molecular formula is C15H12FN3O. The highest BCUT2D eigenvalue weighted by Gasteiger charge is 2.19. The molecule has 5 heteroatoms. The van der Waals surface area contributed by atoms with Gasteiger partial charge in [-0.25, -0.2) is 4.39 Å². The topological polar surface area (TPSA) is 64.9 Å². The highest BCUT2D eigenvalue weighted by molar-refractivity contribution is 5.87. The fraction of sp³-hybridized carbons (Fsp3) is 0.0667. The number of nitrogens with two attached hydrogens (primary N) is 1. The van der Waals surface area contributed by atoms with E-state index in [0.29, 0.717) is 16.8 Å². The number of benzene rings is 1. The zero-order valence-corrected chi connectivity index (χ0v) is 10.8. The fourth-order valence-electron chi connectivity index (χ4n) is 2.13. The number of hydrogen-bond acceptors (Lipinski definition) is 4. The lowest BCUT2D eigenvalue weighted by Crippen LogP contribution is -1.91. The van der Waals surface area contributed by atoms with Crippen LogP contribution in [0.5, 0.6) is 0 Å². The summed E-state index contributed by atoms with van der Waals surface area (Å²) in [6.45, 7) is 1.97. The first-order valence-corrected chi connectivity index (χ1v) is 6.09. The minimum atomic E-state index is -0.463. The molecule has 0 aliphatic rings. The molecule has 0 aliphatic heterocycles. The second-order valence-corrected chi connectivity index (χ2v) is 4.50. The smallest absolute Gasteiger partial charge is 0.230 e. The van der Waals surface area contributed by atoms with Gasteiger partial charge in [-0.2, -0.15) is 0 Å². The summed E-state index contributed by atoms with van der Waals surface area (Å²) in [4.78, 5) is 3.73. The zero-order chi connectivity index (χ0) is 14.1. The monoisotopic (exact) mass is 269 g/mol. The van der Waals surface area contributed by atoms with E-state index in [4.69, 9.17) is 10.3 Å². The van der Waals surface area contributed by atoms with Crippen molar-refractivity contribution in [2.45, 2.75) is 6.92 Å². The fourth-order valence-corrected chi connectivity index (χ4v) is 2.13. The van der Waals surface area contributed by atoms with Gasteiger partial charge >= 0.3 is 0 Å². The predicted molar refractivity (Wildman–Crippen MR) is 74.3 cm³/mol. The minimum absolute atomic E-state index is 0.168. The van der Waals surface area contributed by atoms with E-state index < -0.39 is 5.82 Å². The summed E-state index contributed by atoms with van der Waals surface area (Å²) in [5.74, 6) is -0.295. The number of rotatable bonds is 2. The Morgan fingerprint density at radius 1 is 1.25 bits per heavy atom. The highest BCUT2D eigenvalue weighted by atomic mass is 19.1. The van der Waals surface area contributed by atoms with Crippen LogP contribution in [0.2, 0.25) is 0 Å². The SMILES string of the molecule is Cc1cccc(-c2c(-c3ccncc3F)noc2N)c1. The first-order valence-electron chi connectivity index (χ1n) is 6.09. The Morgan fingerprint density at radius 3 is 2.85 bits per heavy atom. The van der Waals surface area contributed by atoms with Crippen molar-refractivity contribution in [2.75, 3.05) is 5.73 Å². The molecule has 2 heterocycles. The Labute approximate surface area is 115 Å². The van der Waals surface area contributed by atoms with Crippen molar-refractivity contribution < 1.29 is 8.91 Å². The van der Waals surface area contributed by atoms with Crippen molar-refractivity contribution in [1.29, 1.82) is 0 Å². The highest BCUT2D eigenvalue weighted by Crippen LogP contribution is 2.37. The molecular weight excluding hydrogens is 257 g/mol. The minimum Gasteiger partial charge on any atom is -0.367 e. The Hall–Kier alpha value is -2.69. The molecule has 100 valence electrons. The van der Waals surface area contributed by atoms with Crippen molar-refractivity contribution in [3.05, 3.63) is 54.1 Å². The van der Waals surface area contributed by atoms with Gasteiger partial charge < -0.3 is 10.3 Å². The lowest BCUT2D eigenvalue weighted by atomic mass is 10.00. The molecule has 2 N–H and O–H groups in total. The van der Waals surface area contributed by atoms with E-state index in [1.54, 1.807) is 6.07 Å². The van der Waals surface area contributed by atoms with E-state index in [1.807, 2.05) is 31.2 Å². The summed E-state index contributed by atoms with van der Waals surface area (Å²) < 4.78 is 18.9. The number of nitrogen functional groups attached to an aromatic ring is 1. The molecule has 0 saturated carbocycles. The van der Waals surface area contributed by atoms with Gasteiger partial charge in [0, 0.05) is 11.8 Å². The summed E-state index contributed by atoms with van der Waals surface area (Å²) in [5, 5.41) is 3.89. The van der Waals surface area contributed by atoms with E-state index in [0.717, 1.165) is 17.3 Å². The maximum Gasteiger partial charge on any atom is 0.230 e. The number of aromatic nitrogens is 2. The Bertz CT molecular complexity index is 767. The van der Waals surface area contributed by atoms with E-state index in [2.05, 4.69) is 10.1 Å². The van der Waals surface area contributed by atoms with Gasteiger partial charge in [0.15, 0.2) is 5.82 Å². The van der Waals surface area contributed by atoms with Crippen LogP contribution in [0.4, 0.5) is 10.3 Å². The molecule has 1 aromatic carbocycles. The van der Waals surface area contributed by atoms with Crippen molar-refractivity contribution in [1.82, 2.24) is 10.1 Å². The van der Waals surface area contributed by atoms with Gasteiger partial charge in [-0.3, -0.25) is 4.98 Å². The Balaban J connectivity index is 2.23. The van der Waals surface area contributed by atoms with Crippen LogP contribution in [0.3, 0.4) is 0 Å². The molecule has 0 aliphatic carbocycles. The van der Waals surface area contributed by atoms with Crippen molar-refractivity contribution in [2.24, 2.45) is 0 Å². The predicted octanol–water partition coefficient (Wildman–Crippen LogP) is 3.43. The molecule has 3 aromatic rings. The van der Waals surface area contributed by atoms with Gasteiger partial charge in [0.25, 0.3) is 0 Å². The lowest BCUT2D eigenvalue weighted by Gasteiger charge is -2.04. The van der Waals surface area contributed by atoms with E-state index in [9.17, 15) is 4.39 Å². The lowest BCUT2D eigenvalue weighted by molar-refractivity contribution is 0.439. The van der Waals surface area contributed by atoms with E-state index in [-0.39, 0.29) is 5.88 Å². The molecule has 0 atom stereocenters. The third kappa shape index (κ3) is 2.03. The molecule has 20 heavy (non-hydrogen) atoms. The molecule has 4 nitrogen and oxygen atoms in total. The van der Waals surface area contributed by atoms with Crippen LogP contribution in [0.25, 0.3) is 22.4 Å². The third-order valence-electron chi connectivity index (χ3n) is 3.05. The summed E-state index contributed by atoms with van der Waals surface area (Å²) in [5.41, 5.74) is 9.05. The van der Waals surface area contributed by atoms with Crippen LogP contribution in [0, 0.1) is 12.7 Å². The molecule has 0 radical (unpaired) electrons. The van der Waals surface area contributed by atoms with Crippen LogP contribution in [0.1, 0.15) is 5.56 Å². The van der Waals surface area contributed by atoms with Crippen molar-refractivity contribution >= 4 is 5.88 Å². The summed E-state index contributed by atoms with van der Waals surface area (Å²) in [6.07, 6.45) is 2.64. The van der Waals surface area contributed by atoms with E-state index >= 15 is 0 Å². The maximum absolute atomic E-state index is 13.9. The summed E-state index contributed by atoms with van der Waals surface area (Å²) in [6, 6.07) is 9.26.